The largest absolute Gasteiger partial charge is 0.497 e. The molecule has 1 heterocycles. The predicted octanol–water partition coefficient (Wildman–Crippen LogP) is 4.54. The number of rotatable bonds is 5. The topological polar surface area (TPSA) is 57.4 Å². The van der Waals surface area contributed by atoms with E-state index < -0.39 is 0 Å². The van der Waals surface area contributed by atoms with Gasteiger partial charge in [-0.25, -0.2) is 0 Å². The average molecular weight is 331 g/mol. The lowest BCUT2D eigenvalue weighted by Crippen LogP contribution is -2.03. The summed E-state index contributed by atoms with van der Waals surface area (Å²) in [4.78, 5) is 4.38. The highest BCUT2D eigenvalue weighted by atomic mass is 35.5. The average Bonchev–Trinajstić information content (AvgIpc) is 3.05. The summed E-state index contributed by atoms with van der Waals surface area (Å²) in [6, 6.07) is 14.6. The second-order valence-corrected chi connectivity index (χ2v) is 5.34. The maximum absolute atomic E-state index is 5.94. The van der Waals surface area contributed by atoms with Crippen molar-refractivity contribution >= 4 is 11.6 Å². The van der Waals surface area contributed by atoms with Gasteiger partial charge in [-0.1, -0.05) is 35.0 Å². The number of halogens is 1. The molecular formula is C17H15ClN2O3. The monoisotopic (exact) mass is 330 g/mol. The zero-order valence-corrected chi connectivity index (χ0v) is 13.4. The zero-order valence-electron chi connectivity index (χ0n) is 12.7. The third-order valence-electron chi connectivity index (χ3n) is 3.23. The first-order chi connectivity index (χ1) is 11.2. The fourth-order valence-corrected chi connectivity index (χ4v) is 2.25. The highest BCUT2D eigenvalue weighted by Crippen LogP contribution is 2.26. The van der Waals surface area contributed by atoms with Crippen LogP contribution in [0.2, 0.25) is 5.02 Å². The van der Waals surface area contributed by atoms with Gasteiger partial charge >= 0.3 is 0 Å². The number of benzene rings is 2. The van der Waals surface area contributed by atoms with E-state index in [1.807, 2.05) is 43.3 Å². The highest BCUT2D eigenvalue weighted by Gasteiger charge is 2.17. The van der Waals surface area contributed by atoms with Gasteiger partial charge in [-0.15, -0.1) is 0 Å². The van der Waals surface area contributed by atoms with Crippen LogP contribution >= 0.6 is 11.6 Å². The molecule has 0 aliphatic carbocycles. The molecule has 0 radical (unpaired) electrons. The van der Waals surface area contributed by atoms with E-state index in [2.05, 4.69) is 10.1 Å². The van der Waals surface area contributed by atoms with Gasteiger partial charge in [0.05, 0.1) is 7.11 Å². The van der Waals surface area contributed by atoms with Crippen LogP contribution in [-0.4, -0.2) is 17.3 Å². The minimum absolute atomic E-state index is 0.389. The quantitative estimate of drug-likeness (QED) is 0.687. The smallest absolute Gasteiger partial charge is 0.267 e. The Bertz CT molecular complexity index is 804. The number of nitrogens with zero attached hydrogens (tertiary/aromatic N) is 2. The molecule has 0 aliphatic heterocycles. The van der Waals surface area contributed by atoms with Crippen molar-refractivity contribution in [1.29, 1.82) is 0 Å². The van der Waals surface area contributed by atoms with Crippen molar-refractivity contribution < 1.29 is 14.0 Å². The lowest BCUT2D eigenvalue weighted by molar-refractivity contribution is 0.176. The summed E-state index contributed by atoms with van der Waals surface area (Å²) in [6.45, 7) is 1.84. The number of methoxy groups -OCH3 is 1. The highest BCUT2D eigenvalue weighted by molar-refractivity contribution is 6.30. The molecule has 0 N–H and O–H groups in total. The van der Waals surface area contributed by atoms with Gasteiger partial charge in [-0.2, -0.15) is 4.98 Å². The lowest BCUT2D eigenvalue weighted by atomic mass is 10.2. The SMILES string of the molecule is COc1cccc(-c2noc([C@H](C)Oc3cccc(Cl)c3)n2)c1. The molecule has 0 spiro atoms. The van der Waals surface area contributed by atoms with Crippen LogP contribution in [0.5, 0.6) is 11.5 Å². The fraction of sp³-hybridized carbons (Fsp3) is 0.176. The molecule has 118 valence electrons. The van der Waals surface area contributed by atoms with Crippen molar-refractivity contribution in [2.75, 3.05) is 7.11 Å². The van der Waals surface area contributed by atoms with Crippen molar-refractivity contribution in [1.82, 2.24) is 10.1 Å². The van der Waals surface area contributed by atoms with Crippen molar-refractivity contribution in [2.24, 2.45) is 0 Å². The Balaban J connectivity index is 1.78. The van der Waals surface area contributed by atoms with Gasteiger partial charge in [-0.3, -0.25) is 0 Å². The minimum atomic E-state index is -0.389. The maximum Gasteiger partial charge on any atom is 0.267 e. The van der Waals surface area contributed by atoms with E-state index in [9.17, 15) is 0 Å². The second-order valence-electron chi connectivity index (χ2n) is 4.91. The molecule has 6 heteroatoms. The molecule has 0 saturated carbocycles. The summed E-state index contributed by atoms with van der Waals surface area (Å²) < 4.78 is 16.3. The van der Waals surface area contributed by atoms with Crippen LogP contribution in [0.25, 0.3) is 11.4 Å². The maximum atomic E-state index is 5.94. The van der Waals surface area contributed by atoms with Crippen LogP contribution in [0, 0.1) is 0 Å². The molecule has 1 aromatic heterocycles. The third kappa shape index (κ3) is 3.63. The van der Waals surface area contributed by atoms with E-state index >= 15 is 0 Å². The molecule has 3 rings (SSSR count). The zero-order chi connectivity index (χ0) is 16.2. The molecular weight excluding hydrogens is 316 g/mol. The Morgan fingerprint density at radius 3 is 2.65 bits per heavy atom. The third-order valence-corrected chi connectivity index (χ3v) is 3.46. The van der Waals surface area contributed by atoms with Crippen LogP contribution in [0.15, 0.2) is 53.1 Å². The predicted molar refractivity (Wildman–Crippen MR) is 86.8 cm³/mol. The first kappa shape index (κ1) is 15.4. The van der Waals surface area contributed by atoms with E-state index in [-0.39, 0.29) is 6.10 Å². The van der Waals surface area contributed by atoms with Gasteiger partial charge in [0.25, 0.3) is 5.89 Å². The summed E-state index contributed by atoms with van der Waals surface area (Å²) in [5.41, 5.74) is 0.814. The molecule has 23 heavy (non-hydrogen) atoms. The molecule has 3 aromatic rings. The Morgan fingerprint density at radius 1 is 1.09 bits per heavy atom. The minimum Gasteiger partial charge on any atom is -0.497 e. The summed E-state index contributed by atoms with van der Waals surface area (Å²) in [5, 5.41) is 4.60. The van der Waals surface area contributed by atoms with E-state index in [1.165, 1.54) is 0 Å². The van der Waals surface area contributed by atoms with Gasteiger partial charge in [0.15, 0.2) is 6.10 Å². The molecule has 0 saturated heterocycles. The van der Waals surface area contributed by atoms with Crippen LogP contribution in [-0.2, 0) is 0 Å². The van der Waals surface area contributed by atoms with Crippen molar-refractivity contribution in [3.8, 4) is 22.9 Å². The van der Waals surface area contributed by atoms with Crippen LogP contribution in [0.1, 0.15) is 18.9 Å². The molecule has 0 bridgehead atoms. The number of aromatic nitrogens is 2. The van der Waals surface area contributed by atoms with E-state index in [1.54, 1.807) is 19.2 Å². The molecule has 0 aliphatic rings. The molecule has 0 amide bonds. The Hall–Kier alpha value is -2.53. The van der Waals surface area contributed by atoms with Gasteiger partial charge in [-0.05, 0) is 37.3 Å². The van der Waals surface area contributed by atoms with E-state index in [0.29, 0.717) is 22.5 Å². The van der Waals surface area contributed by atoms with Crippen molar-refractivity contribution in [3.63, 3.8) is 0 Å². The van der Waals surface area contributed by atoms with Gasteiger partial charge in [0, 0.05) is 10.6 Å². The molecule has 0 unspecified atom stereocenters. The molecule has 2 aromatic carbocycles. The first-order valence-corrected chi connectivity index (χ1v) is 7.44. The molecule has 5 nitrogen and oxygen atoms in total. The summed E-state index contributed by atoms with van der Waals surface area (Å²) in [7, 11) is 1.61. The Morgan fingerprint density at radius 2 is 1.87 bits per heavy atom. The van der Waals surface area contributed by atoms with E-state index in [4.69, 9.17) is 25.6 Å². The van der Waals surface area contributed by atoms with Gasteiger partial charge < -0.3 is 14.0 Å². The Labute approximate surface area is 138 Å². The lowest BCUT2D eigenvalue weighted by Gasteiger charge is -2.10. The van der Waals surface area contributed by atoms with Crippen molar-refractivity contribution in [2.45, 2.75) is 13.0 Å². The summed E-state index contributed by atoms with van der Waals surface area (Å²) in [5.74, 6) is 2.26. The number of ether oxygens (including phenoxy) is 2. The second kappa shape index (κ2) is 6.71. The fourth-order valence-electron chi connectivity index (χ4n) is 2.07. The van der Waals surface area contributed by atoms with Crippen LogP contribution in [0.4, 0.5) is 0 Å². The molecule has 0 fully saturated rings. The normalized spacial score (nSPS) is 12.0. The Kier molecular flexibility index (Phi) is 4.48. The van der Waals surface area contributed by atoms with E-state index in [0.717, 1.165) is 11.3 Å². The van der Waals surface area contributed by atoms with Crippen LogP contribution < -0.4 is 9.47 Å². The standard InChI is InChI=1S/C17H15ClN2O3/c1-11(22-15-8-4-6-13(18)10-15)17-19-16(20-23-17)12-5-3-7-14(9-12)21-2/h3-11H,1-2H3/t11-/m0/s1. The number of hydrogen-bond donors (Lipinski definition) is 0. The first-order valence-electron chi connectivity index (χ1n) is 7.06. The van der Waals surface area contributed by atoms with Crippen molar-refractivity contribution in [3.05, 3.63) is 59.4 Å². The summed E-state index contributed by atoms with van der Waals surface area (Å²) in [6.07, 6.45) is -0.389. The van der Waals surface area contributed by atoms with Gasteiger partial charge in [0.1, 0.15) is 11.5 Å². The molecule has 1 atom stereocenters. The van der Waals surface area contributed by atoms with Gasteiger partial charge in [0.2, 0.25) is 5.82 Å². The van der Waals surface area contributed by atoms with Crippen LogP contribution in [0.3, 0.4) is 0 Å². The number of hydrogen-bond acceptors (Lipinski definition) is 5. The summed E-state index contributed by atoms with van der Waals surface area (Å²) >= 11 is 5.94.